The molecule has 3 nitrogen and oxygen atoms in total. The number of hydrogen-bond acceptors (Lipinski definition) is 2. The number of halogens is 4. The highest BCUT2D eigenvalue weighted by molar-refractivity contribution is 6.31. The van der Waals surface area contributed by atoms with Crippen molar-refractivity contribution in [2.75, 3.05) is 5.32 Å². The zero-order valence-electron chi connectivity index (χ0n) is 10.4. The van der Waals surface area contributed by atoms with Crippen LogP contribution in [0.3, 0.4) is 0 Å². The monoisotopic (exact) mass is 315 g/mol. The molecule has 2 rings (SSSR count). The van der Waals surface area contributed by atoms with Gasteiger partial charge in [0.05, 0.1) is 0 Å². The summed E-state index contributed by atoms with van der Waals surface area (Å²) >= 11 is 5.76. The molecule has 0 unspecified atom stereocenters. The Morgan fingerprint density at radius 2 is 1.81 bits per heavy atom. The Kier molecular flexibility index (Phi) is 4.37. The van der Waals surface area contributed by atoms with Crippen molar-refractivity contribution in [1.82, 2.24) is 0 Å². The molecule has 0 bridgehead atoms. The second kappa shape index (κ2) is 6.05. The second-order valence-corrected chi connectivity index (χ2v) is 4.48. The Labute approximate surface area is 123 Å². The minimum absolute atomic E-state index is 0.182. The lowest BCUT2D eigenvalue weighted by molar-refractivity contribution is -0.274. The summed E-state index contributed by atoms with van der Waals surface area (Å²) in [5.41, 5.74) is 0.478. The van der Waals surface area contributed by atoms with Crippen LogP contribution in [0, 0.1) is 0 Å². The fourth-order valence-corrected chi connectivity index (χ4v) is 1.79. The van der Waals surface area contributed by atoms with E-state index in [-0.39, 0.29) is 5.69 Å². The maximum absolute atomic E-state index is 12.1. The minimum Gasteiger partial charge on any atom is -0.406 e. The lowest BCUT2D eigenvalue weighted by Gasteiger charge is -2.10. The van der Waals surface area contributed by atoms with Crippen LogP contribution < -0.4 is 10.1 Å². The van der Waals surface area contributed by atoms with Gasteiger partial charge < -0.3 is 10.1 Å². The molecule has 0 aromatic heterocycles. The van der Waals surface area contributed by atoms with Gasteiger partial charge in [-0.1, -0.05) is 23.7 Å². The quantitative estimate of drug-likeness (QED) is 0.906. The first-order chi connectivity index (χ1) is 9.83. The smallest absolute Gasteiger partial charge is 0.406 e. The molecule has 2 aromatic rings. The van der Waals surface area contributed by atoms with Gasteiger partial charge in [0, 0.05) is 22.3 Å². The summed E-state index contributed by atoms with van der Waals surface area (Å²) in [5, 5.41) is 2.85. The van der Waals surface area contributed by atoms with Gasteiger partial charge in [0.1, 0.15) is 5.75 Å². The largest absolute Gasteiger partial charge is 0.573 e. The predicted molar refractivity (Wildman–Crippen MR) is 72.5 cm³/mol. The predicted octanol–water partition coefficient (Wildman–Crippen LogP) is 4.49. The van der Waals surface area contributed by atoms with Crippen LogP contribution in [-0.4, -0.2) is 12.3 Å². The fraction of sp³-hybridized carbons (Fsp3) is 0.0714. The number of amides is 1. The molecule has 1 amide bonds. The molecule has 1 N–H and O–H groups in total. The molecule has 0 aliphatic carbocycles. The molecule has 0 aliphatic rings. The van der Waals surface area contributed by atoms with Crippen molar-refractivity contribution in [3.05, 3.63) is 59.1 Å². The van der Waals surface area contributed by atoms with Crippen molar-refractivity contribution < 1.29 is 22.7 Å². The van der Waals surface area contributed by atoms with Gasteiger partial charge in [-0.3, -0.25) is 4.79 Å². The van der Waals surface area contributed by atoms with Crippen LogP contribution in [0.5, 0.6) is 5.75 Å². The Balaban J connectivity index is 2.13. The van der Waals surface area contributed by atoms with Gasteiger partial charge >= 0.3 is 6.36 Å². The van der Waals surface area contributed by atoms with Crippen LogP contribution in [0.4, 0.5) is 18.9 Å². The van der Waals surface area contributed by atoms with E-state index in [0.717, 1.165) is 12.1 Å². The van der Waals surface area contributed by atoms with E-state index in [1.54, 1.807) is 12.1 Å². The highest BCUT2D eigenvalue weighted by Crippen LogP contribution is 2.25. The van der Waals surface area contributed by atoms with Crippen LogP contribution in [-0.2, 0) is 0 Å². The Bertz CT molecular complexity index is 659. The van der Waals surface area contributed by atoms with Crippen LogP contribution in [0.1, 0.15) is 10.4 Å². The van der Waals surface area contributed by atoms with Crippen molar-refractivity contribution in [3.8, 4) is 5.75 Å². The zero-order chi connectivity index (χ0) is 15.5. The lowest BCUT2D eigenvalue weighted by atomic mass is 10.2. The third-order valence-corrected chi connectivity index (χ3v) is 2.65. The number of carbonyl (C=O) groups is 1. The normalized spacial score (nSPS) is 11.0. The second-order valence-electron chi connectivity index (χ2n) is 4.04. The molecule has 0 atom stereocenters. The van der Waals surface area contributed by atoms with E-state index >= 15 is 0 Å². The SMILES string of the molecule is O=C(Nc1cccc(OC(F)(F)F)c1)c1cccc(Cl)c1. The fourth-order valence-electron chi connectivity index (χ4n) is 1.60. The van der Waals surface area contributed by atoms with Gasteiger partial charge in [-0.05, 0) is 30.3 Å². The van der Waals surface area contributed by atoms with Crippen molar-refractivity contribution >= 4 is 23.2 Å². The molecular formula is C14H9ClF3NO2. The first kappa shape index (κ1) is 15.2. The van der Waals surface area contributed by atoms with E-state index in [2.05, 4.69) is 10.1 Å². The standard InChI is InChI=1S/C14H9ClF3NO2/c15-10-4-1-3-9(7-10)13(20)19-11-5-2-6-12(8-11)21-14(16,17)18/h1-8H,(H,19,20). The average Bonchev–Trinajstić information content (AvgIpc) is 2.37. The van der Waals surface area contributed by atoms with E-state index in [1.807, 2.05) is 0 Å². The summed E-state index contributed by atoms with van der Waals surface area (Å²) in [5.74, 6) is -0.895. The van der Waals surface area contributed by atoms with E-state index in [1.165, 1.54) is 24.3 Å². The van der Waals surface area contributed by atoms with Gasteiger partial charge in [-0.15, -0.1) is 13.2 Å². The zero-order valence-corrected chi connectivity index (χ0v) is 11.2. The first-order valence-electron chi connectivity index (χ1n) is 5.76. The van der Waals surface area contributed by atoms with E-state index in [4.69, 9.17) is 11.6 Å². The number of ether oxygens (including phenoxy) is 1. The number of rotatable bonds is 3. The lowest BCUT2D eigenvalue weighted by Crippen LogP contribution is -2.17. The number of carbonyl (C=O) groups excluding carboxylic acids is 1. The van der Waals surface area contributed by atoms with Crippen LogP contribution >= 0.6 is 11.6 Å². The summed E-state index contributed by atoms with van der Waals surface area (Å²) in [6.07, 6.45) is -4.78. The third kappa shape index (κ3) is 4.68. The van der Waals surface area contributed by atoms with Gasteiger partial charge in [-0.25, -0.2) is 0 Å². The minimum atomic E-state index is -4.78. The van der Waals surface area contributed by atoms with Gasteiger partial charge in [0.15, 0.2) is 0 Å². The summed E-state index contributed by atoms with van der Waals surface area (Å²) in [6, 6.07) is 11.2. The van der Waals surface area contributed by atoms with Crippen molar-refractivity contribution in [3.63, 3.8) is 0 Å². The molecule has 0 saturated heterocycles. The van der Waals surface area contributed by atoms with Crippen molar-refractivity contribution in [2.24, 2.45) is 0 Å². The molecule has 21 heavy (non-hydrogen) atoms. The Morgan fingerprint density at radius 3 is 2.48 bits per heavy atom. The average molecular weight is 316 g/mol. The van der Waals surface area contributed by atoms with E-state index in [9.17, 15) is 18.0 Å². The highest BCUT2D eigenvalue weighted by Gasteiger charge is 2.31. The van der Waals surface area contributed by atoms with Gasteiger partial charge in [-0.2, -0.15) is 0 Å². The maximum atomic E-state index is 12.1. The van der Waals surface area contributed by atoms with Crippen LogP contribution in [0.25, 0.3) is 0 Å². The van der Waals surface area contributed by atoms with Crippen molar-refractivity contribution in [2.45, 2.75) is 6.36 Å². The molecule has 2 aromatic carbocycles. The molecule has 0 fully saturated rings. The number of nitrogens with one attached hydrogen (secondary N) is 1. The summed E-state index contributed by atoms with van der Waals surface area (Å²) in [6.45, 7) is 0. The molecule has 110 valence electrons. The molecule has 0 heterocycles. The van der Waals surface area contributed by atoms with Crippen molar-refractivity contribution in [1.29, 1.82) is 0 Å². The Hall–Kier alpha value is -2.21. The molecule has 0 aliphatic heterocycles. The summed E-state index contributed by atoms with van der Waals surface area (Å²) < 4.78 is 40.1. The van der Waals surface area contributed by atoms with E-state index in [0.29, 0.717) is 10.6 Å². The first-order valence-corrected chi connectivity index (χ1v) is 6.14. The summed E-state index contributed by atoms with van der Waals surface area (Å²) in [4.78, 5) is 11.9. The molecular weight excluding hydrogens is 307 g/mol. The number of hydrogen-bond donors (Lipinski definition) is 1. The Morgan fingerprint density at radius 1 is 1.10 bits per heavy atom. The maximum Gasteiger partial charge on any atom is 0.573 e. The van der Waals surface area contributed by atoms with Crippen LogP contribution in [0.2, 0.25) is 5.02 Å². The molecule has 0 saturated carbocycles. The topological polar surface area (TPSA) is 38.3 Å². The molecule has 0 radical (unpaired) electrons. The highest BCUT2D eigenvalue weighted by atomic mass is 35.5. The van der Waals surface area contributed by atoms with Crippen LogP contribution in [0.15, 0.2) is 48.5 Å². The van der Waals surface area contributed by atoms with E-state index < -0.39 is 18.0 Å². The third-order valence-electron chi connectivity index (χ3n) is 2.41. The summed E-state index contributed by atoms with van der Waals surface area (Å²) in [7, 11) is 0. The number of anilines is 1. The van der Waals surface area contributed by atoms with Gasteiger partial charge in [0.25, 0.3) is 5.91 Å². The molecule has 7 heteroatoms. The van der Waals surface area contributed by atoms with Gasteiger partial charge in [0.2, 0.25) is 0 Å². The molecule has 0 spiro atoms. The number of benzene rings is 2. The number of alkyl halides is 3.